The van der Waals surface area contributed by atoms with E-state index < -0.39 is 0 Å². The molecule has 2 aliphatic carbocycles. The molecule has 3 unspecified atom stereocenters. The molecule has 0 aromatic heterocycles. The van der Waals surface area contributed by atoms with Crippen LogP contribution in [-0.4, -0.2) is 13.1 Å². The molecular formula is C11H14BrN. The number of rotatable bonds is 1. The van der Waals surface area contributed by atoms with Gasteiger partial charge in [0.1, 0.15) is 0 Å². The van der Waals surface area contributed by atoms with Gasteiger partial charge < -0.3 is 5.32 Å². The third-order valence-electron chi connectivity index (χ3n) is 3.92. The highest BCUT2D eigenvalue weighted by molar-refractivity contribution is 9.11. The smallest absolute Gasteiger partial charge is 0.0132 e. The van der Waals surface area contributed by atoms with Crippen molar-refractivity contribution in [1.82, 2.24) is 5.32 Å². The quantitative estimate of drug-likeness (QED) is 0.742. The molecule has 0 amide bonds. The second kappa shape index (κ2) is 2.71. The number of hydrogen-bond donors (Lipinski definition) is 1. The number of piperidine rings is 1. The van der Waals surface area contributed by atoms with Crippen LogP contribution in [0.1, 0.15) is 12.8 Å². The molecule has 3 rings (SSSR count). The van der Waals surface area contributed by atoms with Crippen molar-refractivity contribution in [3.05, 3.63) is 22.7 Å². The Hall–Kier alpha value is -0.0800. The van der Waals surface area contributed by atoms with E-state index in [9.17, 15) is 0 Å². The van der Waals surface area contributed by atoms with Crippen molar-refractivity contribution in [2.75, 3.05) is 13.1 Å². The van der Waals surface area contributed by atoms with E-state index >= 15 is 0 Å². The van der Waals surface area contributed by atoms with E-state index in [1.54, 1.807) is 0 Å². The second-order valence-electron chi connectivity index (χ2n) is 4.56. The van der Waals surface area contributed by atoms with Gasteiger partial charge in [0.25, 0.3) is 0 Å². The molecule has 0 aromatic carbocycles. The lowest BCUT2D eigenvalue weighted by atomic mass is 9.83. The molecule has 2 heteroatoms. The van der Waals surface area contributed by atoms with Gasteiger partial charge in [-0.05, 0) is 36.6 Å². The predicted molar refractivity (Wildman–Crippen MR) is 57.7 cm³/mol. The predicted octanol–water partition coefficient (Wildman–Crippen LogP) is 2.45. The van der Waals surface area contributed by atoms with Gasteiger partial charge in [0.05, 0.1) is 0 Å². The van der Waals surface area contributed by atoms with Crippen molar-refractivity contribution in [1.29, 1.82) is 0 Å². The molecule has 1 aliphatic heterocycles. The minimum Gasteiger partial charge on any atom is -0.316 e. The van der Waals surface area contributed by atoms with Crippen LogP contribution in [-0.2, 0) is 0 Å². The normalized spacial score (nSPS) is 47.3. The maximum Gasteiger partial charge on any atom is 0.0132 e. The first-order valence-electron chi connectivity index (χ1n) is 5.06. The average Bonchev–Trinajstić information content (AvgIpc) is 2.71. The lowest BCUT2D eigenvalue weighted by Gasteiger charge is -2.23. The minimum atomic E-state index is 0.653. The van der Waals surface area contributed by atoms with Gasteiger partial charge >= 0.3 is 0 Å². The van der Waals surface area contributed by atoms with Crippen molar-refractivity contribution >= 4 is 15.9 Å². The maximum absolute atomic E-state index is 3.51. The number of fused-ring (bicyclic) bond motifs is 1. The number of allylic oxidation sites excluding steroid dienone is 4. The van der Waals surface area contributed by atoms with E-state index in [1.807, 2.05) is 0 Å². The molecule has 70 valence electrons. The number of halogens is 1. The Labute approximate surface area is 87.4 Å². The highest BCUT2D eigenvalue weighted by atomic mass is 79.9. The summed E-state index contributed by atoms with van der Waals surface area (Å²) in [5, 5.41) is 3.50. The van der Waals surface area contributed by atoms with Gasteiger partial charge in [-0.3, -0.25) is 0 Å². The third kappa shape index (κ3) is 1.15. The Bertz CT molecular complexity index is 294. The topological polar surface area (TPSA) is 12.0 Å². The van der Waals surface area contributed by atoms with Crippen LogP contribution in [0.4, 0.5) is 0 Å². The fourth-order valence-electron chi connectivity index (χ4n) is 2.98. The second-order valence-corrected chi connectivity index (χ2v) is 5.47. The molecule has 0 spiro atoms. The Balaban J connectivity index is 1.78. The molecule has 1 nitrogen and oxygen atoms in total. The minimum absolute atomic E-state index is 0.653. The molecule has 1 N–H and O–H groups in total. The van der Waals surface area contributed by atoms with Gasteiger partial charge in [-0.25, -0.2) is 0 Å². The summed E-state index contributed by atoms with van der Waals surface area (Å²) in [4.78, 5) is 0. The molecule has 1 saturated carbocycles. The summed E-state index contributed by atoms with van der Waals surface area (Å²) in [5.41, 5.74) is 0.653. The number of hydrogen-bond acceptors (Lipinski definition) is 1. The first-order chi connectivity index (χ1) is 6.31. The Morgan fingerprint density at radius 1 is 1.54 bits per heavy atom. The standard InChI is InChI=1S/C11H14BrN/c12-10-3-1-8(2-4-10)11-5-9(11)6-13-7-11/h1,3-4,8-9,13H,2,5-7H2. The van der Waals surface area contributed by atoms with E-state index in [0.29, 0.717) is 5.41 Å². The lowest BCUT2D eigenvalue weighted by molar-refractivity contribution is 0.374. The van der Waals surface area contributed by atoms with E-state index in [1.165, 1.54) is 30.4 Å². The third-order valence-corrected chi connectivity index (χ3v) is 4.51. The molecular weight excluding hydrogens is 226 g/mol. The van der Waals surface area contributed by atoms with E-state index in [2.05, 4.69) is 39.5 Å². The molecule has 13 heavy (non-hydrogen) atoms. The summed E-state index contributed by atoms with van der Waals surface area (Å²) < 4.78 is 1.25. The maximum atomic E-state index is 3.51. The zero-order valence-electron chi connectivity index (χ0n) is 7.59. The summed E-state index contributed by atoms with van der Waals surface area (Å²) >= 11 is 3.51. The first-order valence-corrected chi connectivity index (χ1v) is 5.85. The van der Waals surface area contributed by atoms with Crippen LogP contribution in [0.25, 0.3) is 0 Å². The molecule has 0 bridgehead atoms. The first kappa shape index (κ1) is 8.25. The zero-order chi connectivity index (χ0) is 8.89. The van der Waals surface area contributed by atoms with Crippen LogP contribution in [0.15, 0.2) is 22.7 Å². The molecule has 3 aliphatic rings. The van der Waals surface area contributed by atoms with Crippen LogP contribution >= 0.6 is 15.9 Å². The molecule has 3 atom stereocenters. The fraction of sp³-hybridized carbons (Fsp3) is 0.636. The molecule has 0 radical (unpaired) electrons. The van der Waals surface area contributed by atoms with Crippen LogP contribution < -0.4 is 5.32 Å². The molecule has 0 aromatic rings. The largest absolute Gasteiger partial charge is 0.316 e. The van der Waals surface area contributed by atoms with E-state index in [0.717, 1.165) is 11.8 Å². The Kier molecular flexibility index (Phi) is 1.72. The summed E-state index contributed by atoms with van der Waals surface area (Å²) in [6.45, 7) is 2.51. The number of nitrogens with one attached hydrogen (secondary N) is 1. The van der Waals surface area contributed by atoms with Crippen molar-refractivity contribution in [2.45, 2.75) is 12.8 Å². The van der Waals surface area contributed by atoms with Gasteiger partial charge in [0.2, 0.25) is 0 Å². The molecule has 2 fully saturated rings. The average molecular weight is 240 g/mol. The van der Waals surface area contributed by atoms with Crippen LogP contribution in [0.2, 0.25) is 0 Å². The van der Waals surface area contributed by atoms with Crippen LogP contribution in [0.3, 0.4) is 0 Å². The monoisotopic (exact) mass is 239 g/mol. The highest BCUT2D eigenvalue weighted by Gasteiger charge is 2.60. The van der Waals surface area contributed by atoms with Crippen LogP contribution in [0, 0.1) is 17.3 Å². The van der Waals surface area contributed by atoms with Gasteiger partial charge in [-0.1, -0.05) is 34.2 Å². The van der Waals surface area contributed by atoms with E-state index in [-0.39, 0.29) is 0 Å². The van der Waals surface area contributed by atoms with E-state index in [4.69, 9.17) is 0 Å². The van der Waals surface area contributed by atoms with Gasteiger partial charge in [0.15, 0.2) is 0 Å². The van der Waals surface area contributed by atoms with Crippen molar-refractivity contribution < 1.29 is 0 Å². The summed E-state index contributed by atoms with van der Waals surface area (Å²) in [6.07, 6.45) is 9.62. The Morgan fingerprint density at radius 2 is 2.46 bits per heavy atom. The van der Waals surface area contributed by atoms with Gasteiger partial charge in [0, 0.05) is 11.0 Å². The summed E-state index contributed by atoms with van der Waals surface area (Å²) in [7, 11) is 0. The van der Waals surface area contributed by atoms with Gasteiger partial charge in [-0.15, -0.1) is 0 Å². The Morgan fingerprint density at radius 3 is 3.00 bits per heavy atom. The van der Waals surface area contributed by atoms with Crippen LogP contribution in [0.5, 0.6) is 0 Å². The SMILES string of the molecule is BrC1=CCC(C23CNCC2C3)C=C1. The molecule has 1 saturated heterocycles. The highest BCUT2D eigenvalue weighted by Crippen LogP contribution is 2.61. The van der Waals surface area contributed by atoms with Crippen molar-refractivity contribution in [2.24, 2.45) is 17.3 Å². The van der Waals surface area contributed by atoms with Crippen molar-refractivity contribution in [3.8, 4) is 0 Å². The molecule has 1 heterocycles. The summed E-state index contributed by atoms with van der Waals surface area (Å²) in [6, 6.07) is 0. The van der Waals surface area contributed by atoms with Crippen molar-refractivity contribution in [3.63, 3.8) is 0 Å². The lowest BCUT2D eigenvalue weighted by Crippen LogP contribution is -2.23. The summed E-state index contributed by atoms with van der Waals surface area (Å²) in [5.74, 6) is 1.78. The van der Waals surface area contributed by atoms with Gasteiger partial charge in [-0.2, -0.15) is 0 Å². The zero-order valence-corrected chi connectivity index (χ0v) is 9.18. The fourth-order valence-corrected chi connectivity index (χ4v) is 3.32.